The van der Waals surface area contributed by atoms with Crippen molar-refractivity contribution in [3.63, 3.8) is 0 Å². The van der Waals surface area contributed by atoms with Crippen LogP contribution in [0.4, 0.5) is 0 Å². The number of ether oxygens (including phenoxy) is 2. The first-order valence-electron chi connectivity index (χ1n) is 13.0. The molecule has 2 fully saturated rings. The van der Waals surface area contributed by atoms with E-state index in [0.717, 1.165) is 29.0 Å². The molecule has 2 aromatic rings. The van der Waals surface area contributed by atoms with E-state index in [-0.39, 0.29) is 15.3 Å². The number of aliphatic hydroxyl groups excluding tert-OH is 5. The molecule has 0 aliphatic carbocycles. The first-order valence-corrected chi connectivity index (χ1v) is 16.8. The normalized spacial score (nSPS) is 32.4. The molecule has 11 unspecified atom stereocenters. The Kier molecular flexibility index (Phi) is 11.3. The molecule has 11 atom stereocenters. The summed E-state index contributed by atoms with van der Waals surface area (Å²) >= 11 is 0.926. The number of amides is 1. The van der Waals surface area contributed by atoms with E-state index in [2.05, 4.69) is 14.2 Å². The largest absolute Gasteiger partial charge is 0.483 e. The molecule has 2 aliphatic heterocycles. The van der Waals surface area contributed by atoms with Gasteiger partial charge in [0.1, 0.15) is 42.7 Å². The first kappa shape index (κ1) is 36.3. The van der Waals surface area contributed by atoms with Crippen LogP contribution in [0.15, 0.2) is 27.9 Å². The van der Waals surface area contributed by atoms with Crippen LogP contribution in [0.3, 0.4) is 0 Å². The van der Waals surface area contributed by atoms with E-state index in [1.54, 1.807) is 0 Å². The van der Waals surface area contributed by atoms with Gasteiger partial charge in [-0.3, -0.25) is 33.0 Å². The maximum atomic E-state index is 12.6. The molecule has 256 valence electrons. The van der Waals surface area contributed by atoms with Gasteiger partial charge in [0.15, 0.2) is 18.8 Å². The summed E-state index contributed by atoms with van der Waals surface area (Å²) in [5.41, 5.74) is -2.00. The first-order chi connectivity index (χ1) is 21.5. The number of hydrogen-bond donors (Lipinski definition) is 9. The summed E-state index contributed by atoms with van der Waals surface area (Å²) in [5, 5.41) is 52.8. The maximum absolute atomic E-state index is 12.6. The van der Waals surface area contributed by atoms with E-state index in [1.807, 2.05) is 4.98 Å². The molecular weight excluding hydrogens is 688 g/mol. The van der Waals surface area contributed by atoms with Crippen molar-refractivity contribution >= 4 is 39.2 Å². The van der Waals surface area contributed by atoms with Crippen LogP contribution in [0, 0.1) is 0 Å². The lowest BCUT2D eigenvalue weighted by atomic mass is 9.97. The van der Waals surface area contributed by atoms with Crippen molar-refractivity contribution in [1.29, 1.82) is 0 Å². The standard InChI is InChI=1S/C22H29N3O18P2S/c1-8(28)23-14-17(31)15(29)11(6-27)41-21(14)42-45(37,38)43-44(35,36)39-7-12-16(30)18(32)20(40-12)25-4-10(19(33)24-22(25)34)13-3-2-9(5-26)46-13/h2-5,11-12,14-18,20-21,27,29-32H,6-7H2,1H3,(H,23,28)(H,35,36)(H,37,38)(H,24,33,34). The number of nitrogens with one attached hydrogen (secondary N) is 2. The molecule has 0 bridgehead atoms. The minimum atomic E-state index is -5.68. The Balaban J connectivity index is 1.44. The third-order valence-corrected chi connectivity index (χ3v) is 10.3. The molecule has 46 heavy (non-hydrogen) atoms. The van der Waals surface area contributed by atoms with E-state index in [4.69, 9.17) is 14.0 Å². The number of carbonyl (C=O) groups excluding carboxylic acids is 2. The minimum absolute atomic E-state index is 0.0929. The van der Waals surface area contributed by atoms with Crippen LogP contribution in [0.25, 0.3) is 10.4 Å². The predicted molar refractivity (Wildman–Crippen MR) is 149 cm³/mol. The van der Waals surface area contributed by atoms with Crippen LogP contribution in [0.1, 0.15) is 22.8 Å². The summed E-state index contributed by atoms with van der Waals surface area (Å²) in [7, 11) is -11.3. The van der Waals surface area contributed by atoms with Gasteiger partial charge in [-0.05, 0) is 12.1 Å². The summed E-state index contributed by atoms with van der Waals surface area (Å²) < 4.78 is 49.9. The van der Waals surface area contributed by atoms with Gasteiger partial charge in [0.2, 0.25) is 5.91 Å². The highest BCUT2D eigenvalue weighted by Crippen LogP contribution is 2.61. The van der Waals surface area contributed by atoms with Crippen LogP contribution in [-0.2, 0) is 36.8 Å². The van der Waals surface area contributed by atoms with Crippen LogP contribution >= 0.6 is 27.0 Å². The monoisotopic (exact) mass is 717 g/mol. The van der Waals surface area contributed by atoms with Crippen LogP contribution in [0.2, 0.25) is 0 Å². The van der Waals surface area contributed by atoms with Crippen molar-refractivity contribution in [1.82, 2.24) is 14.9 Å². The smallest absolute Gasteiger partial charge is 0.394 e. The number of phosphoric ester groups is 2. The number of rotatable bonds is 12. The molecule has 24 heteroatoms. The van der Waals surface area contributed by atoms with Crippen LogP contribution in [-0.4, -0.2) is 119 Å². The lowest BCUT2D eigenvalue weighted by Crippen LogP contribution is -2.64. The van der Waals surface area contributed by atoms with Gasteiger partial charge >= 0.3 is 21.3 Å². The van der Waals surface area contributed by atoms with Gasteiger partial charge in [-0.2, -0.15) is 4.31 Å². The quantitative estimate of drug-likeness (QED) is 0.0775. The number of phosphoric acid groups is 2. The number of aromatic amines is 1. The fourth-order valence-corrected chi connectivity index (χ4v) is 7.53. The van der Waals surface area contributed by atoms with E-state index in [0.29, 0.717) is 6.29 Å². The molecule has 0 aromatic carbocycles. The lowest BCUT2D eigenvalue weighted by Gasteiger charge is -2.42. The Labute approximate surface area is 260 Å². The van der Waals surface area contributed by atoms with Crippen molar-refractivity contribution in [2.45, 2.75) is 62.1 Å². The topological polar surface area (TPSA) is 323 Å². The minimum Gasteiger partial charge on any atom is -0.394 e. The third kappa shape index (κ3) is 8.13. The van der Waals surface area contributed by atoms with Gasteiger partial charge in [-0.1, -0.05) is 0 Å². The summed E-state index contributed by atoms with van der Waals surface area (Å²) in [6, 6.07) is 1.14. The molecule has 4 heterocycles. The van der Waals surface area contributed by atoms with Gasteiger partial charge in [-0.25, -0.2) is 13.9 Å². The van der Waals surface area contributed by atoms with E-state index in [1.165, 1.54) is 12.1 Å². The molecule has 2 aliphatic rings. The number of aliphatic hydroxyl groups is 5. The Hall–Kier alpha value is -2.50. The molecule has 0 saturated carbocycles. The molecule has 21 nitrogen and oxygen atoms in total. The summed E-state index contributed by atoms with van der Waals surface area (Å²) in [6.07, 6.45) is -12.9. The second-order valence-corrected chi connectivity index (χ2v) is 14.0. The van der Waals surface area contributed by atoms with E-state index < -0.39 is 101 Å². The zero-order chi connectivity index (χ0) is 34.1. The summed E-state index contributed by atoms with van der Waals surface area (Å²) in [5.74, 6) is -0.810. The Morgan fingerprint density at radius 3 is 2.35 bits per heavy atom. The second kappa shape index (κ2) is 14.3. The van der Waals surface area contributed by atoms with Crippen molar-refractivity contribution in [3.05, 3.63) is 44.0 Å². The zero-order valence-corrected chi connectivity index (χ0v) is 25.9. The molecular formula is C22H29N3O18P2S. The van der Waals surface area contributed by atoms with Crippen molar-refractivity contribution in [2.24, 2.45) is 0 Å². The number of aldehydes is 1. The molecule has 9 N–H and O–H groups in total. The Morgan fingerprint density at radius 2 is 1.74 bits per heavy atom. The highest BCUT2D eigenvalue weighted by molar-refractivity contribution is 7.61. The number of thiophene rings is 1. The molecule has 1 amide bonds. The fraction of sp³-hybridized carbons (Fsp3) is 0.545. The van der Waals surface area contributed by atoms with Crippen molar-refractivity contribution < 1.29 is 76.9 Å². The van der Waals surface area contributed by atoms with Gasteiger partial charge < -0.3 is 50.1 Å². The molecule has 2 aromatic heterocycles. The highest BCUT2D eigenvalue weighted by atomic mass is 32.1. The SMILES string of the molecule is CC(=O)NC1C(OP(=O)(O)OP(=O)(O)OCC2OC(n3cc(-c4ccc(C=O)s4)c(=O)[nH]c3=O)C(O)C2O)OC(CO)C(O)C1O. The number of nitrogens with zero attached hydrogens (tertiary/aromatic N) is 1. The Morgan fingerprint density at radius 1 is 1.07 bits per heavy atom. The van der Waals surface area contributed by atoms with Gasteiger partial charge in [-0.15, -0.1) is 11.3 Å². The maximum Gasteiger partial charge on any atom is 0.483 e. The van der Waals surface area contributed by atoms with Crippen molar-refractivity contribution in [2.75, 3.05) is 13.2 Å². The van der Waals surface area contributed by atoms with Crippen molar-refractivity contribution in [3.8, 4) is 10.4 Å². The third-order valence-electron chi connectivity index (χ3n) is 6.68. The Bertz CT molecular complexity index is 1650. The average molecular weight is 717 g/mol. The molecule has 0 spiro atoms. The molecule has 2 saturated heterocycles. The van der Waals surface area contributed by atoms with Gasteiger partial charge in [0.25, 0.3) is 5.56 Å². The number of hydrogen-bond acceptors (Lipinski definition) is 17. The highest BCUT2D eigenvalue weighted by Gasteiger charge is 2.50. The number of carbonyl (C=O) groups is 2. The summed E-state index contributed by atoms with van der Waals surface area (Å²) in [6.45, 7) is -1.02. The van der Waals surface area contributed by atoms with Gasteiger partial charge in [0, 0.05) is 18.0 Å². The number of aromatic nitrogens is 2. The zero-order valence-electron chi connectivity index (χ0n) is 23.3. The van der Waals surface area contributed by atoms with E-state index >= 15 is 0 Å². The average Bonchev–Trinajstić information content (AvgIpc) is 3.55. The van der Waals surface area contributed by atoms with Crippen LogP contribution in [0.5, 0.6) is 0 Å². The summed E-state index contributed by atoms with van der Waals surface area (Å²) in [4.78, 5) is 70.2. The second-order valence-electron chi connectivity index (χ2n) is 9.93. The molecule has 4 rings (SSSR count). The molecule has 0 radical (unpaired) electrons. The fourth-order valence-electron chi connectivity index (χ4n) is 4.54. The number of H-pyrrole nitrogens is 1. The predicted octanol–water partition coefficient (Wildman–Crippen LogP) is -3.11. The van der Waals surface area contributed by atoms with E-state index in [9.17, 15) is 63.6 Å². The van der Waals surface area contributed by atoms with Crippen LogP contribution < -0.4 is 16.6 Å². The lowest BCUT2D eigenvalue weighted by molar-refractivity contribution is -0.247. The van der Waals surface area contributed by atoms with Gasteiger partial charge in [0.05, 0.1) is 23.7 Å².